The van der Waals surface area contributed by atoms with Crippen LogP contribution in [-0.4, -0.2) is 61.6 Å². The summed E-state index contributed by atoms with van der Waals surface area (Å²) in [5, 5.41) is 5.90. The Morgan fingerprint density at radius 1 is 0.797 bits per heavy atom. The van der Waals surface area contributed by atoms with Crippen molar-refractivity contribution in [3.05, 3.63) is 11.6 Å². The van der Waals surface area contributed by atoms with Gasteiger partial charge in [-0.25, -0.2) is 4.79 Å². The molecule has 59 heavy (non-hydrogen) atoms. The molecule has 3 fully saturated rings. The molecule has 3 amide bonds. The number of carbonyl (C=O) groups is 3. The van der Waals surface area contributed by atoms with Crippen LogP contribution in [0.2, 0.25) is 0 Å². The van der Waals surface area contributed by atoms with Crippen LogP contribution in [0, 0.1) is 46.3 Å². The molecule has 4 aliphatic rings. The van der Waals surface area contributed by atoms with Crippen molar-refractivity contribution in [2.24, 2.45) is 52.1 Å². The van der Waals surface area contributed by atoms with Gasteiger partial charge in [-0.05, 0) is 124 Å². The number of nitrogens with zero attached hydrogens (tertiary/aromatic N) is 1. The molecule has 0 saturated heterocycles. The van der Waals surface area contributed by atoms with Crippen LogP contribution in [-0.2, 0) is 14.3 Å². The highest BCUT2D eigenvalue weighted by atomic mass is 16.6. The zero-order valence-corrected chi connectivity index (χ0v) is 39.2. The van der Waals surface area contributed by atoms with Crippen molar-refractivity contribution in [1.29, 1.82) is 0 Å². The van der Waals surface area contributed by atoms with E-state index in [0.29, 0.717) is 38.0 Å². The average Bonchev–Trinajstić information content (AvgIpc) is 3.56. The standard InChI is InChI=1S/C51H92N4O4/c1-7-8-9-10-11-12-13-14-15-16-17-24-48(57)55(38-47(56)53-35-21-33-52)36-19-18-34-54-49(58)59-42-29-31-50(5)41(37-42)25-26-43-45-28-27-44(40(4)23-20-22-39(2)3)51(45,6)32-30-46(43)50/h25,39-40,42-46H,7-24,26-38,52H2,1-6H3,(H,53,56)(H,54,58)/t40-,42+,43+,44-,45+,46+,50+,51-/m1/s1. The van der Waals surface area contributed by atoms with Crippen LogP contribution in [0.3, 0.4) is 0 Å². The van der Waals surface area contributed by atoms with Gasteiger partial charge in [0.1, 0.15) is 6.10 Å². The number of alkyl carbamates (subject to hydrolysis) is 1. The Balaban J connectivity index is 1.16. The van der Waals surface area contributed by atoms with Gasteiger partial charge in [-0.15, -0.1) is 0 Å². The van der Waals surface area contributed by atoms with E-state index < -0.39 is 0 Å². The predicted molar refractivity (Wildman–Crippen MR) is 245 cm³/mol. The molecule has 4 rings (SSSR count). The highest BCUT2D eigenvalue weighted by Crippen LogP contribution is 2.67. The number of amides is 3. The van der Waals surface area contributed by atoms with Crippen molar-refractivity contribution in [1.82, 2.24) is 15.5 Å². The Labute approximate surface area is 362 Å². The maximum absolute atomic E-state index is 13.2. The van der Waals surface area contributed by atoms with Gasteiger partial charge < -0.3 is 26.0 Å². The molecule has 8 nitrogen and oxygen atoms in total. The van der Waals surface area contributed by atoms with E-state index in [9.17, 15) is 14.4 Å². The lowest BCUT2D eigenvalue weighted by atomic mass is 9.47. The number of rotatable bonds is 28. The third-order valence-electron chi connectivity index (χ3n) is 16.0. The highest BCUT2D eigenvalue weighted by molar-refractivity contribution is 5.84. The molecule has 340 valence electrons. The van der Waals surface area contributed by atoms with E-state index in [1.54, 1.807) is 10.5 Å². The fourth-order valence-corrected chi connectivity index (χ4v) is 12.5. The molecule has 3 saturated carbocycles. The zero-order valence-electron chi connectivity index (χ0n) is 39.2. The molecule has 4 aliphatic carbocycles. The molecule has 4 N–H and O–H groups in total. The van der Waals surface area contributed by atoms with Gasteiger partial charge in [0.25, 0.3) is 0 Å². The van der Waals surface area contributed by atoms with Crippen LogP contribution in [0.15, 0.2) is 11.6 Å². The van der Waals surface area contributed by atoms with Gasteiger partial charge in [0, 0.05) is 32.5 Å². The molecule has 0 radical (unpaired) electrons. The fraction of sp³-hybridized carbons (Fsp3) is 0.902. The van der Waals surface area contributed by atoms with E-state index in [4.69, 9.17) is 10.5 Å². The number of fused-ring (bicyclic) bond motifs is 5. The van der Waals surface area contributed by atoms with Gasteiger partial charge in [0.15, 0.2) is 0 Å². The van der Waals surface area contributed by atoms with Crippen LogP contribution in [0.25, 0.3) is 0 Å². The van der Waals surface area contributed by atoms with E-state index >= 15 is 0 Å². The lowest BCUT2D eigenvalue weighted by Gasteiger charge is -2.58. The summed E-state index contributed by atoms with van der Waals surface area (Å²) >= 11 is 0. The van der Waals surface area contributed by atoms with Gasteiger partial charge in [-0.3, -0.25) is 9.59 Å². The highest BCUT2D eigenvalue weighted by Gasteiger charge is 2.59. The minimum Gasteiger partial charge on any atom is -0.446 e. The molecule has 8 atom stereocenters. The number of hydrogen-bond acceptors (Lipinski definition) is 5. The van der Waals surface area contributed by atoms with Crippen LogP contribution in [0.5, 0.6) is 0 Å². The second-order valence-electron chi connectivity index (χ2n) is 20.8. The summed E-state index contributed by atoms with van der Waals surface area (Å²) in [6.45, 7) is 16.9. The number of nitrogens with two attached hydrogens (primary N) is 1. The Bertz CT molecular complexity index is 1290. The van der Waals surface area contributed by atoms with Crippen molar-refractivity contribution in [3.8, 4) is 0 Å². The first-order valence-electron chi connectivity index (χ1n) is 25.3. The summed E-state index contributed by atoms with van der Waals surface area (Å²) in [4.78, 5) is 40.6. The average molecular weight is 825 g/mol. The summed E-state index contributed by atoms with van der Waals surface area (Å²) in [5.74, 6) is 4.85. The number of hydrogen-bond donors (Lipinski definition) is 3. The van der Waals surface area contributed by atoms with E-state index in [-0.39, 0.29) is 36.0 Å². The molecule has 0 unspecified atom stereocenters. The van der Waals surface area contributed by atoms with Crippen molar-refractivity contribution in [2.45, 2.75) is 215 Å². The predicted octanol–water partition coefficient (Wildman–Crippen LogP) is 11.9. The number of ether oxygens (including phenoxy) is 1. The van der Waals surface area contributed by atoms with Crippen LogP contribution in [0.4, 0.5) is 4.79 Å². The lowest BCUT2D eigenvalue weighted by molar-refractivity contribution is -0.136. The minimum absolute atomic E-state index is 0.0479. The van der Waals surface area contributed by atoms with Gasteiger partial charge >= 0.3 is 6.09 Å². The molecule has 0 bridgehead atoms. The maximum Gasteiger partial charge on any atom is 0.407 e. The first kappa shape index (κ1) is 49.6. The second-order valence-corrected chi connectivity index (χ2v) is 20.8. The summed E-state index contributed by atoms with van der Waals surface area (Å²) in [6.07, 6.45) is 32.3. The Kier molecular flexibility index (Phi) is 21.6. The van der Waals surface area contributed by atoms with Gasteiger partial charge in [-0.2, -0.15) is 0 Å². The molecular weight excluding hydrogens is 733 g/mol. The molecule has 0 aromatic carbocycles. The zero-order chi connectivity index (χ0) is 42.7. The molecule has 8 heteroatoms. The summed E-state index contributed by atoms with van der Waals surface area (Å²) in [5.41, 5.74) is 7.88. The Morgan fingerprint density at radius 2 is 1.49 bits per heavy atom. The van der Waals surface area contributed by atoms with Gasteiger partial charge in [-0.1, -0.05) is 137 Å². The Morgan fingerprint density at radius 3 is 2.19 bits per heavy atom. The van der Waals surface area contributed by atoms with E-state index in [1.165, 1.54) is 109 Å². The Hall–Kier alpha value is -2.09. The molecule has 0 aromatic heterocycles. The monoisotopic (exact) mass is 825 g/mol. The van der Waals surface area contributed by atoms with Crippen molar-refractivity contribution >= 4 is 17.9 Å². The number of unbranched alkanes of at least 4 members (excludes halogenated alkanes) is 11. The smallest absolute Gasteiger partial charge is 0.407 e. The summed E-state index contributed by atoms with van der Waals surface area (Å²) in [6, 6.07) is 0. The molecular formula is C51H92N4O4. The number of nitrogens with one attached hydrogen (secondary N) is 2. The quantitative estimate of drug-likeness (QED) is 0.0537. The van der Waals surface area contributed by atoms with E-state index in [1.807, 2.05) is 0 Å². The van der Waals surface area contributed by atoms with Crippen molar-refractivity contribution < 1.29 is 19.1 Å². The molecule has 0 aromatic rings. The molecule has 0 aliphatic heterocycles. The lowest BCUT2D eigenvalue weighted by Crippen LogP contribution is -2.51. The minimum atomic E-state index is -0.329. The number of allylic oxidation sites excluding steroid dienone is 1. The third kappa shape index (κ3) is 15.0. The molecule has 0 heterocycles. The number of carbonyl (C=O) groups excluding carboxylic acids is 3. The third-order valence-corrected chi connectivity index (χ3v) is 16.0. The summed E-state index contributed by atoms with van der Waals surface area (Å²) in [7, 11) is 0. The van der Waals surface area contributed by atoms with Gasteiger partial charge in [0.2, 0.25) is 11.8 Å². The normalized spacial score (nSPS) is 27.9. The summed E-state index contributed by atoms with van der Waals surface area (Å²) < 4.78 is 6.05. The first-order valence-corrected chi connectivity index (χ1v) is 25.3. The van der Waals surface area contributed by atoms with Gasteiger partial charge in [0.05, 0.1) is 6.54 Å². The van der Waals surface area contributed by atoms with E-state index in [2.05, 4.69) is 58.3 Å². The van der Waals surface area contributed by atoms with Crippen LogP contribution in [0.1, 0.15) is 208 Å². The van der Waals surface area contributed by atoms with Crippen LogP contribution >= 0.6 is 0 Å². The molecule has 0 spiro atoms. The largest absolute Gasteiger partial charge is 0.446 e. The van der Waals surface area contributed by atoms with E-state index in [0.717, 1.165) is 86.9 Å². The first-order chi connectivity index (χ1) is 28.4. The maximum atomic E-state index is 13.2. The fourth-order valence-electron chi connectivity index (χ4n) is 12.5. The second kappa shape index (κ2) is 25.8. The van der Waals surface area contributed by atoms with Crippen LogP contribution < -0.4 is 16.4 Å². The SMILES string of the molecule is CCCCCCCCCCCCCC(=O)N(CCCCNC(=O)O[C@H]1CC[C@@]2(C)C(=CC[C@H]3[C@@H]4CC[C@H]([C@H](C)CCCC(C)C)[C@@]4(C)CC[C@@H]32)C1)CC(=O)NCCCN. The van der Waals surface area contributed by atoms with Crippen molar-refractivity contribution in [2.75, 3.05) is 32.7 Å². The van der Waals surface area contributed by atoms with Crippen molar-refractivity contribution in [3.63, 3.8) is 0 Å². The topological polar surface area (TPSA) is 114 Å².